The van der Waals surface area contributed by atoms with Gasteiger partial charge in [0.15, 0.2) is 11.8 Å². The van der Waals surface area contributed by atoms with Crippen LogP contribution < -0.4 is 20.1 Å². The zero-order valence-corrected chi connectivity index (χ0v) is 18.2. The molecule has 9 heteroatoms. The van der Waals surface area contributed by atoms with Crippen molar-refractivity contribution in [1.29, 1.82) is 0 Å². The Morgan fingerprint density at radius 1 is 1.27 bits per heavy atom. The third-order valence-electron chi connectivity index (χ3n) is 4.76. The second-order valence-electron chi connectivity index (χ2n) is 7.26. The zero-order chi connectivity index (χ0) is 21.3. The Hall–Kier alpha value is -2.81. The first-order chi connectivity index (χ1) is 14.6. The van der Waals surface area contributed by atoms with E-state index in [2.05, 4.69) is 27.6 Å². The van der Waals surface area contributed by atoms with E-state index in [9.17, 15) is 0 Å². The Morgan fingerprint density at radius 2 is 2.03 bits per heavy atom. The van der Waals surface area contributed by atoms with Crippen molar-refractivity contribution in [3.8, 4) is 11.5 Å². The molecule has 1 aliphatic heterocycles. The number of hydrogen-bond acceptors (Lipinski definition) is 6. The maximum Gasteiger partial charge on any atom is 0.191 e. The van der Waals surface area contributed by atoms with E-state index in [4.69, 9.17) is 19.2 Å². The number of methoxy groups -OCH3 is 2. The van der Waals surface area contributed by atoms with Crippen LogP contribution in [0.4, 0.5) is 0 Å². The Morgan fingerprint density at radius 3 is 2.73 bits per heavy atom. The minimum absolute atomic E-state index is 0.0567. The summed E-state index contributed by atoms with van der Waals surface area (Å²) in [7, 11) is 3.31. The smallest absolute Gasteiger partial charge is 0.191 e. The van der Waals surface area contributed by atoms with E-state index in [1.807, 2.05) is 35.9 Å². The first-order valence-corrected chi connectivity index (χ1v) is 10.4. The molecule has 1 aromatic carbocycles. The van der Waals surface area contributed by atoms with E-state index in [0.717, 1.165) is 55.0 Å². The van der Waals surface area contributed by atoms with Gasteiger partial charge in [-0.3, -0.25) is 0 Å². The van der Waals surface area contributed by atoms with Crippen molar-refractivity contribution in [3.63, 3.8) is 0 Å². The summed E-state index contributed by atoms with van der Waals surface area (Å²) < 4.78 is 18.2. The summed E-state index contributed by atoms with van der Waals surface area (Å²) >= 11 is 0. The van der Waals surface area contributed by atoms with E-state index in [1.165, 1.54) is 0 Å². The summed E-state index contributed by atoms with van der Waals surface area (Å²) in [6, 6.07) is 7.81. The third-order valence-corrected chi connectivity index (χ3v) is 4.76. The number of aromatic nitrogens is 3. The van der Waals surface area contributed by atoms with Crippen molar-refractivity contribution in [2.24, 2.45) is 4.99 Å². The highest BCUT2D eigenvalue weighted by Gasteiger charge is 2.22. The molecular weight excluding hydrogens is 384 g/mol. The van der Waals surface area contributed by atoms with E-state index in [-0.39, 0.29) is 12.1 Å². The van der Waals surface area contributed by atoms with Crippen molar-refractivity contribution >= 4 is 5.96 Å². The molecule has 2 atom stereocenters. The van der Waals surface area contributed by atoms with Gasteiger partial charge in [0.2, 0.25) is 0 Å². The normalized spacial score (nSPS) is 17.2. The SMILES string of the molecule is CCNC(=NCC(C)Oc1ccc(OC)cc1)NC1CCc2nc(COC)nn2C1. The van der Waals surface area contributed by atoms with Crippen LogP contribution >= 0.6 is 0 Å². The monoisotopic (exact) mass is 416 g/mol. The number of fused-ring (bicyclic) bond motifs is 1. The zero-order valence-electron chi connectivity index (χ0n) is 18.2. The number of benzene rings is 1. The molecule has 0 fully saturated rings. The lowest BCUT2D eigenvalue weighted by Crippen LogP contribution is -2.47. The molecule has 0 spiro atoms. The molecule has 2 aromatic rings. The van der Waals surface area contributed by atoms with Crippen LogP contribution in [0.25, 0.3) is 0 Å². The second-order valence-corrected chi connectivity index (χ2v) is 7.26. The highest BCUT2D eigenvalue weighted by atomic mass is 16.5. The predicted octanol–water partition coefficient (Wildman–Crippen LogP) is 1.77. The van der Waals surface area contributed by atoms with Gasteiger partial charge in [0.25, 0.3) is 0 Å². The van der Waals surface area contributed by atoms with Gasteiger partial charge in [-0.05, 0) is 44.5 Å². The van der Waals surface area contributed by atoms with Gasteiger partial charge >= 0.3 is 0 Å². The molecule has 0 saturated heterocycles. The van der Waals surface area contributed by atoms with E-state index < -0.39 is 0 Å². The number of nitrogens with zero attached hydrogens (tertiary/aromatic N) is 4. The van der Waals surface area contributed by atoms with Crippen molar-refractivity contribution in [2.75, 3.05) is 27.3 Å². The van der Waals surface area contributed by atoms with Crippen molar-refractivity contribution in [3.05, 3.63) is 35.9 Å². The van der Waals surface area contributed by atoms with Crippen LogP contribution in [-0.4, -0.2) is 60.2 Å². The topological polar surface area (TPSA) is 94.8 Å². The number of guanidine groups is 1. The summed E-state index contributed by atoms with van der Waals surface area (Å²) in [6.45, 7) is 6.60. The van der Waals surface area contributed by atoms with Crippen molar-refractivity contribution < 1.29 is 14.2 Å². The molecule has 9 nitrogen and oxygen atoms in total. The fourth-order valence-corrected chi connectivity index (χ4v) is 3.33. The third kappa shape index (κ3) is 6.09. The van der Waals surface area contributed by atoms with Crippen LogP contribution in [0.5, 0.6) is 11.5 Å². The quantitative estimate of drug-likeness (QED) is 0.475. The van der Waals surface area contributed by atoms with E-state index >= 15 is 0 Å². The summed E-state index contributed by atoms with van der Waals surface area (Å²) in [5.74, 6) is 4.15. The molecule has 0 saturated carbocycles. The highest BCUT2D eigenvalue weighted by Crippen LogP contribution is 2.18. The van der Waals surface area contributed by atoms with Crippen LogP contribution in [0.15, 0.2) is 29.3 Å². The van der Waals surface area contributed by atoms with Gasteiger partial charge in [-0.25, -0.2) is 14.7 Å². The minimum Gasteiger partial charge on any atom is -0.497 e. The van der Waals surface area contributed by atoms with Crippen molar-refractivity contribution in [1.82, 2.24) is 25.4 Å². The van der Waals surface area contributed by atoms with Gasteiger partial charge in [0.05, 0.1) is 20.2 Å². The number of nitrogens with one attached hydrogen (secondary N) is 2. The predicted molar refractivity (Wildman–Crippen MR) is 115 cm³/mol. The molecule has 1 aliphatic rings. The lowest BCUT2D eigenvalue weighted by atomic mass is 10.1. The van der Waals surface area contributed by atoms with Gasteiger partial charge in [0, 0.05) is 26.1 Å². The van der Waals surface area contributed by atoms with Crippen LogP contribution in [0, 0.1) is 0 Å². The molecule has 0 radical (unpaired) electrons. The fraction of sp³-hybridized carbons (Fsp3) is 0.571. The average Bonchev–Trinajstić information content (AvgIpc) is 3.15. The maximum absolute atomic E-state index is 5.95. The Kier molecular flexibility index (Phi) is 7.89. The molecular formula is C21H32N6O3. The number of ether oxygens (including phenoxy) is 3. The van der Waals surface area contributed by atoms with Gasteiger partial charge in [-0.1, -0.05) is 0 Å². The minimum atomic E-state index is -0.0567. The van der Waals surface area contributed by atoms with Gasteiger partial charge in [0.1, 0.15) is 30.0 Å². The number of aryl methyl sites for hydroxylation is 1. The Balaban J connectivity index is 1.54. The molecule has 2 N–H and O–H groups in total. The molecule has 0 aliphatic carbocycles. The van der Waals surface area contributed by atoms with Crippen LogP contribution in [0.1, 0.15) is 31.9 Å². The number of aliphatic imine (C=N–C) groups is 1. The van der Waals surface area contributed by atoms with Crippen LogP contribution in [-0.2, 0) is 24.3 Å². The maximum atomic E-state index is 5.95. The number of hydrogen-bond donors (Lipinski definition) is 2. The van der Waals surface area contributed by atoms with Gasteiger partial charge < -0.3 is 24.8 Å². The first-order valence-electron chi connectivity index (χ1n) is 10.4. The lowest BCUT2D eigenvalue weighted by Gasteiger charge is -2.25. The summed E-state index contributed by atoms with van der Waals surface area (Å²) in [5, 5.41) is 11.4. The van der Waals surface area contributed by atoms with E-state index in [0.29, 0.717) is 13.2 Å². The molecule has 1 aromatic heterocycles. The highest BCUT2D eigenvalue weighted by molar-refractivity contribution is 5.80. The van der Waals surface area contributed by atoms with Crippen molar-refractivity contribution in [2.45, 2.75) is 52.0 Å². The molecule has 3 rings (SSSR count). The second kappa shape index (κ2) is 10.8. The average molecular weight is 417 g/mol. The first kappa shape index (κ1) is 21.9. The molecule has 30 heavy (non-hydrogen) atoms. The van der Waals surface area contributed by atoms with Gasteiger partial charge in [-0.2, -0.15) is 5.10 Å². The van der Waals surface area contributed by atoms with E-state index in [1.54, 1.807) is 14.2 Å². The fourth-order valence-electron chi connectivity index (χ4n) is 3.33. The molecule has 2 unspecified atom stereocenters. The number of rotatable bonds is 9. The molecule has 0 amide bonds. The van der Waals surface area contributed by atoms with Gasteiger partial charge in [-0.15, -0.1) is 0 Å². The summed E-state index contributed by atoms with van der Waals surface area (Å²) in [4.78, 5) is 9.24. The standard InChI is InChI=1S/C21H32N6O3/c1-5-22-21(23-12-15(2)30-18-9-7-17(29-4)8-10-18)24-16-6-11-20-25-19(14-28-3)26-27(20)13-16/h7-10,15-16H,5-6,11-14H2,1-4H3,(H2,22,23,24). The van der Waals surface area contributed by atoms with Crippen LogP contribution in [0.2, 0.25) is 0 Å². The molecule has 164 valence electrons. The largest absolute Gasteiger partial charge is 0.497 e. The summed E-state index contributed by atoms with van der Waals surface area (Å²) in [6.07, 6.45) is 1.80. The Labute approximate surface area is 177 Å². The summed E-state index contributed by atoms with van der Waals surface area (Å²) in [5.41, 5.74) is 0. The Bertz CT molecular complexity index is 821. The molecule has 0 bridgehead atoms. The van der Waals surface area contributed by atoms with Crippen LogP contribution in [0.3, 0.4) is 0 Å². The lowest BCUT2D eigenvalue weighted by molar-refractivity contribution is 0.177. The molecule has 2 heterocycles.